The normalized spacial score (nSPS) is 12.3. The van der Waals surface area contributed by atoms with Gasteiger partial charge >= 0.3 is 16.2 Å². The van der Waals surface area contributed by atoms with E-state index in [4.69, 9.17) is 0 Å². The fourth-order valence-corrected chi connectivity index (χ4v) is 2.97. The SMILES string of the molecule is CC(C)c1cccc(C(C)C)c1N(C(=O)NS(=O)(=O)N(C)C)N(C)C. The molecule has 0 spiro atoms. The lowest BCUT2D eigenvalue weighted by atomic mass is 9.92. The Balaban J connectivity index is 3.53. The number of nitrogens with one attached hydrogen (secondary N) is 1. The molecule has 1 aromatic rings. The number of nitrogens with zero attached hydrogens (tertiary/aromatic N) is 3. The minimum absolute atomic E-state index is 0.175. The number of hydrogen-bond donors (Lipinski definition) is 1. The second-order valence-corrected chi connectivity index (χ2v) is 8.83. The molecule has 1 aromatic carbocycles. The lowest BCUT2D eigenvalue weighted by Crippen LogP contribution is -2.52. The van der Waals surface area contributed by atoms with Crippen molar-refractivity contribution >= 4 is 21.9 Å². The summed E-state index contributed by atoms with van der Waals surface area (Å²) in [7, 11) is 2.28. The summed E-state index contributed by atoms with van der Waals surface area (Å²) in [5.74, 6) is 0.351. The molecule has 0 aromatic heterocycles. The fraction of sp³-hybridized carbons (Fsp3) is 0.588. The Morgan fingerprint density at radius 2 is 1.40 bits per heavy atom. The van der Waals surface area contributed by atoms with Gasteiger partial charge in [-0.1, -0.05) is 45.9 Å². The number of anilines is 1. The highest BCUT2D eigenvalue weighted by Crippen LogP contribution is 2.35. The van der Waals surface area contributed by atoms with E-state index in [1.54, 1.807) is 19.1 Å². The first kappa shape index (κ1) is 21.4. The van der Waals surface area contributed by atoms with Gasteiger partial charge in [0.25, 0.3) is 0 Å². The van der Waals surface area contributed by atoms with Crippen molar-refractivity contribution in [2.45, 2.75) is 39.5 Å². The highest BCUT2D eigenvalue weighted by molar-refractivity contribution is 7.87. The maximum Gasteiger partial charge on any atom is 0.351 e. The predicted molar refractivity (Wildman–Crippen MR) is 102 cm³/mol. The summed E-state index contributed by atoms with van der Waals surface area (Å²) in [6.07, 6.45) is 0. The highest BCUT2D eigenvalue weighted by Gasteiger charge is 2.29. The third-order valence-electron chi connectivity index (χ3n) is 3.84. The molecule has 2 amide bonds. The number of urea groups is 1. The smallest absolute Gasteiger partial charge is 0.246 e. The summed E-state index contributed by atoms with van der Waals surface area (Å²) < 4.78 is 27.3. The lowest BCUT2D eigenvalue weighted by molar-refractivity contribution is 0.235. The zero-order chi connectivity index (χ0) is 19.5. The first-order chi connectivity index (χ1) is 11.4. The van der Waals surface area contributed by atoms with Crippen LogP contribution in [0.25, 0.3) is 0 Å². The summed E-state index contributed by atoms with van der Waals surface area (Å²) in [4.78, 5) is 12.8. The molecule has 0 fully saturated rings. The van der Waals surface area contributed by atoms with Crippen molar-refractivity contribution < 1.29 is 13.2 Å². The van der Waals surface area contributed by atoms with E-state index in [0.717, 1.165) is 21.1 Å². The van der Waals surface area contributed by atoms with Gasteiger partial charge in [0, 0.05) is 28.2 Å². The van der Waals surface area contributed by atoms with Crippen LogP contribution in [0.5, 0.6) is 0 Å². The number of rotatable bonds is 6. The van der Waals surface area contributed by atoms with Crippen LogP contribution in [0.3, 0.4) is 0 Å². The third-order valence-corrected chi connectivity index (χ3v) is 5.24. The number of benzene rings is 1. The molecule has 1 N–H and O–H groups in total. The van der Waals surface area contributed by atoms with Crippen LogP contribution in [0.2, 0.25) is 0 Å². The summed E-state index contributed by atoms with van der Waals surface area (Å²) >= 11 is 0. The summed E-state index contributed by atoms with van der Waals surface area (Å²) in [5.41, 5.74) is 2.69. The average molecular weight is 371 g/mol. The molecule has 25 heavy (non-hydrogen) atoms. The zero-order valence-corrected chi connectivity index (χ0v) is 17.2. The Bertz CT molecular complexity index is 686. The van der Waals surface area contributed by atoms with E-state index < -0.39 is 16.2 Å². The van der Waals surface area contributed by atoms with Crippen LogP contribution in [-0.4, -0.2) is 52.0 Å². The Labute approximate surface area is 151 Å². The van der Waals surface area contributed by atoms with Crippen molar-refractivity contribution in [1.82, 2.24) is 14.0 Å². The Hall–Kier alpha value is -1.64. The maximum atomic E-state index is 12.8. The van der Waals surface area contributed by atoms with E-state index in [2.05, 4.69) is 4.72 Å². The van der Waals surface area contributed by atoms with E-state index in [1.165, 1.54) is 19.1 Å². The van der Waals surface area contributed by atoms with Gasteiger partial charge in [0.05, 0.1) is 5.69 Å². The monoisotopic (exact) mass is 370 g/mol. The van der Waals surface area contributed by atoms with Crippen LogP contribution in [-0.2, 0) is 10.2 Å². The fourth-order valence-electron chi connectivity index (χ4n) is 2.48. The molecule has 7 nitrogen and oxygen atoms in total. The molecule has 0 saturated carbocycles. The largest absolute Gasteiger partial charge is 0.351 e. The van der Waals surface area contributed by atoms with Gasteiger partial charge in [-0.25, -0.2) is 19.5 Å². The molecule has 0 aliphatic rings. The van der Waals surface area contributed by atoms with Gasteiger partial charge in [0.15, 0.2) is 0 Å². The summed E-state index contributed by atoms with van der Waals surface area (Å²) in [6, 6.07) is 5.19. The number of para-hydroxylation sites is 1. The van der Waals surface area contributed by atoms with E-state index >= 15 is 0 Å². The predicted octanol–water partition coefficient (Wildman–Crippen LogP) is 2.73. The van der Waals surface area contributed by atoms with Gasteiger partial charge in [-0.2, -0.15) is 12.7 Å². The van der Waals surface area contributed by atoms with Crippen molar-refractivity contribution in [2.75, 3.05) is 33.2 Å². The molecule has 142 valence electrons. The first-order valence-corrected chi connectivity index (χ1v) is 9.68. The number of hydrogen-bond acceptors (Lipinski definition) is 4. The van der Waals surface area contributed by atoms with E-state index in [-0.39, 0.29) is 11.8 Å². The molecule has 0 radical (unpaired) electrons. The number of amides is 2. The Morgan fingerprint density at radius 3 is 1.72 bits per heavy atom. The summed E-state index contributed by atoms with van der Waals surface area (Å²) in [5, 5.41) is 2.97. The average Bonchev–Trinajstić information content (AvgIpc) is 2.45. The van der Waals surface area contributed by atoms with Gasteiger partial charge in [-0.05, 0) is 23.0 Å². The van der Waals surface area contributed by atoms with Crippen LogP contribution >= 0.6 is 0 Å². The van der Waals surface area contributed by atoms with Gasteiger partial charge < -0.3 is 0 Å². The number of carbonyl (C=O) groups excluding carboxylic acids is 1. The van der Waals surface area contributed by atoms with Gasteiger partial charge in [-0.3, -0.25) is 0 Å². The molecular formula is C17H30N4O3S. The van der Waals surface area contributed by atoms with Crippen LogP contribution in [0.1, 0.15) is 50.7 Å². The molecule has 0 aliphatic carbocycles. The standard InChI is InChI=1S/C17H30N4O3S/c1-12(2)14-10-9-11-15(13(3)4)16(14)21(19(5)6)17(22)18-25(23,24)20(7)8/h9-13H,1-8H3,(H,18,22). The third kappa shape index (κ3) is 4.93. The Morgan fingerprint density at radius 1 is 0.960 bits per heavy atom. The molecule has 0 aliphatic heterocycles. The van der Waals surface area contributed by atoms with E-state index in [1.807, 2.05) is 45.9 Å². The number of carbonyl (C=O) groups is 1. The second kappa shape index (κ2) is 8.16. The van der Waals surface area contributed by atoms with Crippen molar-refractivity contribution in [3.05, 3.63) is 29.3 Å². The summed E-state index contributed by atoms with van der Waals surface area (Å²) in [6.45, 7) is 8.19. The zero-order valence-electron chi connectivity index (χ0n) is 16.4. The van der Waals surface area contributed by atoms with Crippen molar-refractivity contribution in [3.63, 3.8) is 0 Å². The molecule has 0 bridgehead atoms. The van der Waals surface area contributed by atoms with E-state index in [0.29, 0.717) is 0 Å². The van der Waals surface area contributed by atoms with Crippen molar-refractivity contribution in [1.29, 1.82) is 0 Å². The van der Waals surface area contributed by atoms with Crippen LogP contribution in [0, 0.1) is 0 Å². The molecule has 0 saturated heterocycles. The second-order valence-electron chi connectivity index (χ2n) is 6.95. The van der Waals surface area contributed by atoms with Gasteiger partial charge in [0.2, 0.25) is 0 Å². The highest BCUT2D eigenvalue weighted by atomic mass is 32.2. The minimum Gasteiger partial charge on any atom is -0.246 e. The van der Waals surface area contributed by atoms with Gasteiger partial charge in [-0.15, -0.1) is 0 Å². The number of hydrazine groups is 1. The molecular weight excluding hydrogens is 340 g/mol. The molecule has 0 atom stereocenters. The lowest BCUT2D eigenvalue weighted by Gasteiger charge is -2.34. The van der Waals surface area contributed by atoms with Crippen molar-refractivity contribution in [3.8, 4) is 0 Å². The van der Waals surface area contributed by atoms with Crippen LogP contribution < -0.4 is 9.73 Å². The van der Waals surface area contributed by atoms with Crippen molar-refractivity contribution in [2.24, 2.45) is 0 Å². The van der Waals surface area contributed by atoms with Gasteiger partial charge in [0.1, 0.15) is 0 Å². The topological polar surface area (TPSA) is 73.0 Å². The maximum absolute atomic E-state index is 12.8. The van der Waals surface area contributed by atoms with Crippen LogP contribution in [0.15, 0.2) is 18.2 Å². The minimum atomic E-state index is -3.88. The van der Waals surface area contributed by atoms with Crippen LogP contribution in [0.4, 0.5) is 10.5 Å². The first-order valence-electron chi connectivity index (χ1n) is 8.24. The quantitative estimate of drug-likeness (QED) is 0.782. The Kier molecular flexibility index (Phi) is 6.99. The molecule has 0 unspecified atom stereocenters. The molecule has 8 heteroatoms. The molecule has 0 heterocycles. The van der Waals surface area contributed by atoms with E-state index in [9.17, 15) is 13.2 Å². The molecule has 1 rings (SSSR count).